The summed E-state index contributed by atoms with van der Waals surface area (Å²) in [5, 5.41) is 0. The Morgan fingerprint density at radius 3 is 1.90 bits per heavy atom. The molecule has 1 aliphatic rings. The van der Waals surface area contributed by atoms with E-state index in [1.807, 2.05) is 13.0 Å². The second kappa shape index (κ2) is 11.8. The second-order valence-corrected chi connectivity index (χ2v) is 10.1. The summed E-state index contributed by atoms with van der Waals surface area (Å²) in [6, 6.07) is 26.3. The van der Waals surface area contributed by atoms with E-state index in [2.05, 4.69) is 22.6 Å². The van der Waals surface area contributed by atoms with Crippen molar-refractivity contribution in [2.75, 3.05) is 16.4 Å². The Hall–Kier alpha value is -4.31. The van der Waals surface area contributed by atoms with Crippen molar-refractivity contribution >= 4 is 57.9 Å². The van der Waals surface area contributed by atoms with E-state index < -0.39 is 17.8 Å². The highest BCUT2D eigenvalue weighted by molar-refractivity contribution is 14.1. The van der Waals surface area contributed by atoms with Crippen LogP contribution in [0.3, 0.4) is 0 Å². The third kappa shape index (κ3) is 5.40. The lowest BCUT2D eigenvalue weighted by Crippen LogP contribution is -2.57. The van der Waals surface area contributed by atoms with Crippen molar-refractivity contribution in [1.82, 2.24) is 0 Å². The predicted octanol–water partition coefficient (Wildman–Crippen LogP) is 7.00. The van der Waals surface area contributed by atoms with E-state index in [9.17, 15) is 18.8 Å². The van der Waals surface area contributed by atoms with E-state index in [1.165, 1.54) is 12.1 Å². The third-order valence-electron chi connectivity index (χ3n) is 6.39. The van der Waals surface area contributed by atoms with Crippen molar-refractivity contribution in [3.8, 4) is 5.75 Å². The van der Waals surface area contributed by atoms with E-state index >= 15 is 0 Å². The standard InChI is InChI=1S/C32H24FIN2O4/c1-2-40-29-19-21(18-28(34)25(29)20-22-11-9-10-16-27(22)33)17-26-30(37)35(23-12-5-3-6-13-23)32(39)36(31(26)38)24-14-7-4-8-15-24/h3-19H,2,20H2,1H3. The molecule has 40 heavy (non-hydrogen) atoms. The SMILES string of the molecule is CCOc1cc(C=C2C(=O)N(c3ccccc3)C(=O)N(c3ccccc3)C2=O)cc(I)c1Cc1ccccc1F. The number of hydrogen-bond acceptors (Lipinski definition) is 4. The van der Waals surface area contributed by atoms with Crippen molar-refractivity contribution in [1.29, 1.82) is 0 Å². The van der Waals surface area contributed by atoms with Crippen LogP contribution in [-0.2, 0) is 16.0 Å². The minimum atomic E-state index is -0.755. The summed E-state index contributed by atoms with van der Waals surface area (Å²) in [4.78, 5) is 42.9. The number of para-hydroxylation sites is 2. The molecule has 1 fully saturated rings. The maximum Gasteiger partial charge on any atom is 0.343 e. The lowest BCUT2D eigenvalue weighted by molar-refractivity contribution is -0.121. The van der Waals surface area contributed by atoms with Gasteiger partial charge in [0, 0.05) is 15.6 Å². The third-order valence-corrected chi connectivity index (χ3v) is 7.35. The Labute approximate surface area is 244 Å². The van der Waals surface area contributed by atoms with Gasteiger partial charge in [-0.15, -0.1) is 0 Å². The minimum absolute atomic E-state index is 0.174. The first-order valence-electron chi connectivity index (χ1n) is 12.6. The largest absolute Gasteiger partial charge is 0.494 e. The number of urea groups is 1. The minimum Gasteiger partial charge on any atom is -0.494 e. The van der Waals surface area contributed by atoms with Crippen molar-refractivity contribution in [2.45, 2.75) is 13.3 Å². The molecule has 0 aliphatic carbocycles. The van der Waals surface area contributed by atoms with E-state index in [0.29, 0.717) is 41.3 Å². The zero-order valence-electron chi connectivity index (χ0n) is 21.5. The van der Waals surface area contributed by atoms with Gasteiger partial charge in [0.1, 0.15) is 17.1 Å². The molecule has 5 rings (SSSR count). The van der Waals surface area contributed by atoms with Crippen molar-refractivity contribution in [3.63, 3.8) is 0 Å². The topological polar surface area (TPSA) is 66.9 Å². The molecule has 6 nitrogen and oxygen atoms in total. The number of imide groups is 2. The molecule has 200 valence electrons. The molecule has 0 aromatic heterocycles. The van der Waals surface area contributed by atoms with E-state index in [4.69, 9.17) is 4.74 Å². The van der Waals surface area contributed by atoms with Crippen molar-refractivity contribution in [2.24, 2.45) is 0 Å². The maximum absolute atomic E-state index is 14.4. The van der Waals surface area contributed by atoms with Gasteiger partial charge in [0.25, 0.3) is 11.8 Å². The fourth-order valence-electron chi connectivity index (χ4n) is 4.51. The van der Waals surface area contributed by atoms with Crippen LogP contribution >= 0.6 is 22.6 Å². The van der Waals surface area contributed by atoms with Crippen molar-refractivity contribution in [3.05, 3.63) is 129 Å². The number of carbonyl (C=O) groups is 3. The molecule has 0 N–H and O–H groups in total. The molecule has 4 amide bonds. The summed E-state index contributed by atoms with van der Waals surface area (Å²) in [6.45, 7) is 2.22. The number of nitrogens with zero attached hydrogens (tertiary/aromatic N) is 2. The molecule has 0 bridgehead atoms. The van der Waals surface area contributed by atoms with Crippen LogP contribution in [0, 0.1) is 9.39 Å². The zero-order valence-corrected chi connectivity index (χ0v) is 23.7. The van der Waals surface area contributed by atoms with E-state index in [-0.39, 0.29) is 11.4 Å². The first kappa shape index (κ1) is 27.3. The average Bonchev–Trinajstić information content (AvgIpc) is 2.95. The fraction of sp³-hybridized carbons (Fsp3) is 0.0938. The van der Waals surface area contributed by atoms with Gasteiger partial charge in [0.2, 0.25) is 0 Å². The number of benzene rings is 4. The molecule has 1 saturated heterocycles. The van der Waals surface area contributed by atoms with Gasteiger partial charge in [-0.05, 0) is 89.2 Å². The Bertz CT molecular complexity index is 1560. The quantitative estimate of drug-likeness (QED) is 0.123. The molecule has 4 aromatic rings. The number of anilines is 2. The molecule has 8 heteroatoms. The Balaban J connectivity index is 1.61. The van der Waals surface area contributed by atoms with Crippen LogP contribution in [-0.4, -0.2) is 24.5 Å². The van der Waals surface area contributed by atoms with Crippen molar-refractivity contribution < 1.29 is 23.5 Å². The summed E-state index contributed by atoms with van der Waals surface area (Å²) in [7, 11) is 0. The van der Waals surface area contributed by atoms with Crippen LogP contribution < -0.4 is 14.5 Å². The van der Waals surface area contributed by atoms with Gasteiger partial charge in [0.05, 0.1) is 18.0 Å². The molecule has 0 radical (unpaired) electrons. The normalized spacial score (nSPS) is 13.6. The molecule has 0 saturated carbocycles. The highest BCUT2D eigenvalue weighted by atomic mass is 127. The Kier molecular flexibility index (Phi) is 8.06. The van der Waals surface area contributed by atoms with Crippen LogP contribution in [0.2, 0.25) is 0 Å². The first-order chi connectivity index (χ1) is 19.4. The average molecular weight is 646 g/mol. The predicted molar refractivity (Wildman–Crippen MR) is 161 cm³/mol. The zero-order chi connectivity index (χ0) is 28.2. The summed E-state index contributed by atoms with van der Waals surface area (Å²) in [5.74, 6) is -1.23. The van der Waals surface area contributed by atoms with Gasteiger partial charge in [0.15, 0.2) is 0 Å². The summed E-state index contributed by atoms with van der Waals surface area (Å²) < 4.78 is 21.1. The first-order valence-corrected chi connectivity index (χ1v) is 13.7. The fourth-order valence-corrected chi connectivity index (χ4v) is 5.32. The number of ether oxygens (including phenoxy) is 1. The highest BCUT2D eigenvalue weighted by Crippen LogP contribution is 2.33. The van der Waals surface area contributed by atoms with E-state index in [0.717, 1.165) is 18.9 Å². The van der Waals surface area contributed by atoms with Gasteiger partial charge >= 0.3 is 6.03 Å². The van der Waals surface area contributed by atoms with Gasteiger partial charge in [-0.25, -0.2) is 19.0 Å². The number of halogens is 2. The summed E-state index contributed by atoms with van der Waals surface area (Å²) >= 11 is 2.15. The highest BCUT2D eigenvalue weighted by Gasteiger charge is 2.43. The molecule has 0 unspecified atom stereocenters. The van der Waals surface area contributed by atoms with Crippen LogP contribution in [0.4, 0.5) is 20.6 Å². The molecular formula is C32H24FIN2O4. The number of barbiturate groups is 1. The Morgan fingerprint density at radius 1 is 0.800 bits per heavy atom. The van der Waals surface area contributed by atoms with Crippen LogP contribution in [0.15, 0.2) is 103 Å². The molecule has 1 heterocycles. The number of amides is 4. The number of hydrogen-bond donors (Lipinski definition) is 0. The monoisotopic (exact) mass is 646 g/mol. The van der Waals surface area contributed by atoms with Gasteiger partial charge in [-0.2, -0.15) is 0 Å². The van der Waals surface area contributed by atoms with Crippen LogP contribution in [0.5, 0.6) is 5.75 Å². The van der Waals surface area contributed by atoms with E-state index in [1.54, 1.807) is 84.9 Å². The number of carbonyl (C=O) groups excluding carboxylic acids is 3. The lowest BCUT2D eigenvalue weighted by atomic mass is 9.99. The van der Waals surface area contributed by atoms with Gasteiger partial charge < -0.3 is 4.74 Å². The molecule has 4 aromatic carbocycles. The summed E-state index contributed by atoms with van der Waals surface area (Å²) in [5.41, 5.74) is 2.39. The van der Waals surface area contributed by atoms with Crippen LogP contribution in [0.1, 0.15) is 23.6 Å². The molecular weight excluding hydrogens is 622 g/mol. The lowest BCUT2D eigenvalue weighted by Gasteiger charge is -2.34. The number of rotatable bonds is 7. The Morgan fingerprint density at radius 2 is 1.35 bits per heavy atom. The molecule has 0 spiro atoms. The molecule has 1 aliphatic heterocycles. The van der Waals surface area contributed by atoms with Gasteiger partial charge in [-0.1, -0.05) is 54.6 Å². The summed E-state index contributed by atoms with van der Waals surface area (Å²) in [6.07, 6.45) is 1.79. The van der Waals surface area contributed by atoms with Crippen LogP contribution in [0.25, 0.3) is 6.08 Å². The van der Waals surface area contributed by atoms with Gasteiger partial charge in [-0.3, -0.25) is 9.59 Å². The smallest absolute Gasteiger partial charge is 0.343 e. The maximum atomic E-state index is 14.4. The molecule has 0 atom stereocenters. The second-order valence-electron chi connectivity index (χ2n) is 8.97.